The van der Waals surface area contributed by atoms with Gasteiger partial charge in [-0.1, -0.05) is 35.4 Å². The summed E-state index contributed by atoms with van der Waals surface area (Å²) in [6.45, 7) is 5.18. The molecule has 0 unspecified atom stereocenters. The lowest BCUT2D eigenvalue weighted by molar-refractivity contribution is -0.120. The number of ketones is 1. The number of halogens is 1. The second-order valence-corrected chi connectivity index (χ2v) is 8.59. The van der Waals surface area contributed by atoms with E-state index in [1.54, 1.807) is 73.7 Å². The topological polar surface area (TPSA) is 95.6 Å². The summed E-state index contributed by atoms with van der Waals surface area (Å²) in [6.07, 6.45) is 0. The minimum Gasteiger partial charge on any atom is -0.349 e. The minimum atomic E-state index is -0.622. The van der Waals surface area contributed by atoms with E-state index in [1.165, 1.54) is 6.92 Å². The summed E-state index contributed by atoms with van der Waals surface area (Å²) in [6, 6.07) is 18.5. The molecule has 35 heavy (non-hydrogen) atoms. The molecule has 0 aromatic heterocycles. The van der Waals surface area contributed by atoms with Crippen LogP contribution in [0, 0.1) is 13.8 Å². The zero-order valence-electron chi connectivity index (χ0n) is 19.3. The van der Waals surface area contributed by atoms with Crippen LogP contribution >= 0.6 is 11.6 Å². The Labute approximate surface area is 207 Å². The molecule has 176 valence electrons. The maximum absolute atomic E-state index is 13.1. The van der Waals surface area contributed by atoms with Gasteiger partial charge in [0.1, 0.15) is 10.7 Å². The van der Waals surface area contributed by atoms with Crippen LogP contribution in [0.5, 0.6) is 0 Å². The predicted molar refractivity (Wildman–Crippen MR) is 136 cm³/mol. The SMILES string of the molecule is CC(=O)c1ccc(NC(=O)c2ccc(C)c(NC3=C(Cl)C(=O)N(c4ccc(C)cc4)C3=O)c2)cc1. The van der Waals surface area contributed by atoms with Crippen molar-refractivity contribution in [1.29, 1.82) is 0 Å². The van der Waals surface area contributed by atoms with Crippen LogP contribution in [0.3, 0.4) is 0 Å². The highest BCUT2D eigenvalue weighted by molar-refractivity contribution is 6.53. The van der Waals surface area contributed by atoms with Gasteiger partial charge in [0.25, 0.3) is 17.7 Å². The van der Waals surface area contributed by atoms with Crippen molar-refractivity contribution in [2.24, 2.45) is 0 Å². The summed E-state index contributed by atoms with van der Waals surface area (Å²) in [5, 5.41) is 5.50. The van der Waals surface area contributed by atoms with Gasteiger partial charge in [-0.2, -0.15) is 0 Å². The Morgan fingerprint density at radius 1 is 0.829 bits per heavy atom. The monoisotopic (exact) mass is 487 g/mol. The summed E-state index contributed by atoms with van der Waals surface area (Å²) in [5.41, 5.74) is 3.97. The fourth-order valence-corrected chi connectivity index (χ4v) is 3.78. The molecule has 3 aromatic carbocycles. The Morgan fingerprint density at radius 2 is 1.46 bits per heavy atom. The number of benzene rings is 3. The number of nitrogens with one attached hydrogen (secondary N) is 2. The van der Waals surface area contributed by atoms with E-state index in [0.717, 1.165) is 16.0 Å². The second-order valence-electron chi connectivity index (χ2n) is 8.21. The molecule has 7 nitrogen and oxygen atoms in total. The highest BCUT2D eigenvalue weighted by Crippen LogP contribution is 2.31. The number of carbonyl (C=O) groups is 4. The first kappa shape index (κ1) is 23.9. The lowest BCUT2D eigenvalue weighted by Gasteiger charge is -2.16. The first-order valence-corrected chi connectivity index (χ1v) is 11.2. The highest BCUT2D eigenvalue weighted by atomic mass is 35.5. The molecular formula is C27H22ClN3O4. The molecule has 0 saturated carbocycles. The number of hydrogen-bond donors (Lipinski definition) is 2. The number of amides is 3. The lowest BCUT2D eigenvalue weighted by Crippen LogP contribution is -2.32. The minimum absolute atomic E-state index is 0.0577. The summed E-state index contributed by atoms with van der Waals surface area (Å²) in [7, 11) is 0. The van der Waals surface area contributed by atoms with E-state index < -0.39 is 11.8 Å². The van der Waals surface area contributed by atoms with Crippen LogP contribution in [-0.4, -0.2) is 23.5 Å². The van der Waals surface area contributed by atoms with Crippen molar-refractivity contribution in [3.8, 4) is 0 Å². The molecule has 1 aliphatic heterocycles. The van der Waals surface area contributed by atoms with Crippen LogP contribution in [0.1, 0.15) is 38.8 Å². The fourth-order valence-electron chi connectivity index (χ4n) is 3.56. The molecule has 0 aliphatic carbocycles. The van der Waals surface area contributed by atoms with E-state index in [1.807, 2.05) is 6.92 Å². The zero-order chi connectivity index (χ0) is 25.3. The van der Waals surface area contributed by atoms with Gasteiger partial charge in [0.2, 0.25) is 0 Å². The van der Waals surface area contributed by atoms with Gasteiger partial charge in [-0.3, -0.25) is 19.2 Å². The van der Waals surface area contributed by atoms with E-state index >= 15 is 0 Å². The van der Waals surface area contributed by atoms with E-state index in [2.05, 4.69) is 10.6 Å². The zero-order valence-corrected chi connectivity index (χ0v) is 20.1. The molecule has 0 bridgehead atoms. The van der Waals surface area contributed by atoms with E-state index in [9.17, 15) is 19.2 Å². The van der Waals surface area contributed by atoms with E-state index in [0.29, 0.717) is 28.2 Å². The van der Waals surface area contributed by atoms with Crippen molar-refractivity contribution in [3.05, 3.63) is 99.7 Å². The summed E-state index contributed by atoms with van der Waals surface area (Å²) < 4.78 is 0. The first-order chi connectivity index (χ1) is 16.7. The van der Waals surface area contributed by atoms with Crippen LogP contribution in [0.4, 0.5) is 17.1 Å². The molecule has 0 saturated heterocycles. The molecule has 0 fully saturated rings. The summed E-state index contributed by atoms with van der Waals surface area (Å²) in [4.78, 5) is 51.0. The van der Waals surface area contributed by atoms with Gasteiger partial charge in [-0.05, 0) is 74.9 Å². The fraction of sp³-hybridized carbons (Fsp3) is 0.111. The molecule has 0 radical (unpaired) electrons. The van der Waals surface area contributed by atoms with Gasteiger partial charge in [0.05, 0.1) is 5.69 Å². The Kier molecular flexibility index (Phi) is 6.53. The smallest absolute Gasteiger partial charge is 0.283 e. The summed E-state index contributed by atoms with van der Waals surface area (Å²) >= 11 is 6.25. The Morgan fingerprint density at radius 3 is 2.09 bits per heavy atom. The van der Waals surface area contributed by atoms with Crippen molar-refractivity contribution >= 4 is 52.2 Å². The van der Waals surface area contributed by atoms with E-state index in [4.69, 9.17) is 11.6 Å². The van der Waals surface area contributed by atoms with Gasteiger partial charge in [0.15, 0.2) is 5.78 Å². The largest absolute Gasteiger partial charge is 0.349 e. The average Bonchev–Trinajstić information content (AvgIpc) is 3.04. The Bertz CT molecular complexity index is 1390. The van der Waals surface area contributed by atoms with E-state index in [-0.39, 0.29) is 22.4 Å². The third kappa shape index (κ3) is 4.85. The third-order valence-corrected chi connectivity index (χ3v) is 5.98. The van der Waals surface area contributed by atoms with Crippen molar-refractivity contribution in [1.82, 2.24) is 0 Å². The lowest BCUT2D eigenvalue weighted by atomic mass is 10.1. The third-order valence-electron chi connectivity index (χ3n) is 5.63. The first-order valence-electron chi connectivity index (χ1n) is 10.8. The molecular weight excluding hydrogens is 466 g/mol. The molecule has 1 aliphatic rings. The van der Waals surface area contributed by atoms with Crippen LogP contribution in [0.25, 0.3) is 0 Å². The number of nitrogens with zero attached hydrogens (tertiary/aromatic N) is 1. The molecule has 0 atom stereocenters. The maximum atomic E-state index is 13.1. The molecule has 2 N–H and O–H groups in total. The second kappa shape index (κ2) is 9.56. The number of Topliss-reactive ketones (excluding diaryl/α,β-unsaturated/α-hetero) is 1. The van der Waals surface area contributed by atoms with Crippen molar-refractivity contribution < 1.29 is 19.2 Å². The molecule has 4 rings (SSSR count). The maximum Gasteiger partial charge on any atom is 0.283 e. The molecule has 1 heterocycles. The van der Waals surface area contributed by atoms with Crippen LogP contribution in [0.2, 0.25) is 0 Å². The number of rotatable bonds is 6. The number of aryl methyl sites for hydroxylation is 2. The van der Waals surface area contributed by atoms with Crippen LogP contribution in [-0.2, 0) is 9.59 Å². The van der Waals surface area contributed by atoms with Gasteiger partial charge < -0.3 is 10.6 Å². The van der Waals surface area contributed by atoms with Crippen LogP contribution in [0.15, 0.2) is 77.5 Å². The van der Waals surface area contributed by atoms with Gasteiger partial charge in [-0.25, -0.2) is 4.90 Å². The predicted octanol–water partition coefficient (Wildman–Crippen LogP) is 5.19. The normalized spacial score (nSPS) is 13.3. The van der Waals surface area contributed by atoms with Gasteiger partial charge in [0, 0.05) is 22.5 Å². The van der Waals surface area contributed by atoms with Crippen molar-refractivity contribution in [3.63, 3.8) is 0 Å². The number of anilines is 3. The quantitative estimate of drug-likeness (QED) is 0.368. The number of imide groups is 1. The Balaban J connectivity index is 1.55. The van der Waals surface area contributed by atoms with Gasteiger partial charge in [-0.15, -0.1) is 0 Å². The average molecular weight is 488 g/mol. The number of carbonyl (C=O) groups excluding carboxylic acids is 4. The molecule has 3 amide bonds. The summed E-state index contributed by atoms with van der Waals surface area (Å²) in [5.74, 6) is -1.64. The Hall–Kier alpha value is -4.23. The molecule has 0 spiro atoms. The van der Waals surface area contributed by atoms with Crippen LogP contribution < -0.4 is 15.5 Å². The van der Waals surface area contributed by atoms with Crippen molar-refractivity contribution in [2.75, 3.05) is 15.5 Å². The molecule has 8 heteroatoms. The van der Waals surface area contributed by atoms with Gasteiger partial charge >= 0.3 is 0 Å². The molecule has 3 aromatic rings. The number of hydrogen-bond acceptors (Lipinski definition) is 5. The highest BCUT2D eigenvalue weighted by Gasteiger charge is 2.39. The van der Waals surface area contributed by atoms with Crippen molar-refractivity contribution in [2.45, 2.75) is 20.8 Å². The standard InChI is InChI=1S/C27H22ClN3O4/c1-15-4-12-21(13-5-15)31-26(34)23(28)24(27(31)35)30-22-14-19(7-6-16(22)2)25(33)29-20-10-8-18(9-11-20)17(3)32/h4-14,30H,1-3H3,(H,29,33).